The van der Waals surface area contributed by atoms with Crippen molar-refractivity contribution < 1.29 is 9.90 Å². The van der Waals surface area contributed by atoms with Crippen molar-refractivity contribution in [2.75, 3.05) is 11.9 Å². The molecule has 0 saturated carbocycles. The van der Waals surface area contributed by atoms with Gasteiger partial charge in [0.05, 0.1) is 6.54 Å². The maximum Gasteiger partial charge on any atom is 0.354 e. The third-order valence-corrected chi connectivity index (χ3v) is 2.29. The summed E-state index contributed by atoms with van der Waals surface area (Å²) in [5.41, 5.74) is 0.0359. The smallest absolute Gasteiger partial charge is 0.354 e. The molecule has 0 aliphatic heterocycles. The van der Waals surface area contributed by atoms with E-state index in [4.69, 9.17) is 5.11 Å². The third kappa shape index (κ3) is 2.60. The normalized spacial score (nSPS) is 10.2. The zero-order valence-corrected chi connectivity index (χ0v) is 9.29. The Hall–Kier alpha value is -2.37. The fourth-order valence-electron chi connectivity index (χ4n) is 1.45. The van der Waals surface area contributed by atoms with E-state index < -0.39 is 5.97 Å². The summed E-state index contributed by atoms with van der Waals surface area (Å²) in [7, 11) is 1.83. The van der Waals surface area contributed by atoms with Crippen molar-refractivity contribution in [3.05, 3.63) is 42.1 Å². The first kappa shape index (κ1) is 11.1. The van der Waals surface area contributed by atoms with Crippen molar-refractivity contribution in [3.8, 4) is 0 Å². The Bertz CT molecular complexity index is 510. The van der Waals surface area contributed by atoms with Crippen molar-refractivity contribution in [2.24, 2.45) is 0 Å². The van der Waals surface area contributed by atoms with Gasteiger partial charge in [-0.3, -0.25) is 0 Å². The van der Waals surface area contributed by atoms with E-state index in [9.17, 15) is 4.79 Å². The van der Waals surface area contributed by atoms with Crippen LogP contribution in [0.2, 0.25) is 0 Å². The van der Waals surface area contributed by atoms with Crippen LogP contribution in [0, 0.1) is 0 Å². The Labute approximate surface area is 97.9 Å². The Morgan fingerprint density at radius 3 is 3.00 bits per heavy atom. The topological polar surface area (TPSA) is 82.1 Å². The van der Waals surface area contributed by atoms with Gasteiger partial charge >= 0.3 is 5.97 Å². The number of imidazole rings is 1. The van der Waals surface area contributed by atoms with Crippen LogP contribution in [-0.2, 0) is 6.54 Å². The quantitative estimate of drug-likeness (QED) is 0.826. The number of hydrogen-bond donors (Lipinski definition) is 2. The lowest BCUT2D eigenvalue weighted by molar-refractivity contribution is 0.0690. The van der Waals surface area contributed by atoms with E-state index in [1.54, 1.807) is 24.5 Å². The van der Waals surface area contributed by atoms with Crippen molar-refractivity contribution in [3.63, 3.8) is 0 Å². The molecular weight excluding hydrogens is 220 g/mol. The minimum absolute atomic E-state index is 0.0359. The summed E-state index contributed by atoms with van der Waals surface area (Å²) in [6, 6.07) is 4.90. The fraction of sp³-hybridized carbons (Fsp3) is 0.182. The largest absolute Gasteiger partial charge is 0.477 e. The molecule has 6 heteroatoms. The molecule has 0 amide bonds. The molecular formula is C11H12N4O2. The average molecular weight is 232 g/mol. The van der Waals surface area contributed by atoms with Gasteiger partial charge in [0, 0.05) is 19.4 Å². The summed E-state index contributed by atoms with van der Waals surface area (Å²) in [4.78, 5) is 23.7. The average Bonchev–Trinajstić information content (AvgIpc) is 2.82. The number of carboxylic acids is 1. The van der Waals surface area contributed by atoms with Crippen molar-refractivity contribution in [1.82, 2.24) is 15.0 Å². The van der Waals surface area contributed by atoms with E-state index in [1.807, 2.05) is 11.9 Å². The van der Waals surface area contributed by atoms with Gasteiger partial charge in [-0.25, -0.2) is 14.8 Å². The first-order valence-electron chi connectivity index (χ1n) is 5.06. The third-order valence-electron chi connectivity index (χ3n) is 2.29. The first-order valence-corrected chi connectivity index (χ1v) is 5.06. The molecule has 0 aliphatic rings. The predicted molar refractivity (Wildman–Crippen MR) is 61.9 cm³/mol. The number of aromatic amines is 1. The number of rotatable bonds is 4. The van der Waals surface area contributed by atoms with Gasteiger partial charge < -0.3 is 15.0 Å². The molecule has 0 aromatic carbocycles. The molecule has 0 radical (unpaired) electrons. The monoisotopic (exact) mass is 232 g/mol. The van der Waals surface area contributed by atoms with Gasteiger partial charge in [-0.05, 0) is 12.1 Å². The molecule has 6 nitrogen and oxygen atoms in total. The van der Waals surface area contributed by atoms with E-state index in [0.717, 1.165) is 5.82 Å². The first-order chi connectivity index (χ1) is 8.16. The molecule has 0 fully saturated rings. The van der Waals surface area contributed by atoms with Gasteiger partial charge in [-0.1, -0.05) is 6.07 Å². The van der Waals surface area contributed by atoms with Gasteiger partial charge in [-0.15, -0.1) is 0 Å². The van der Waals surface area contributed by atoms with E-state index in [1.165, 1.54) is 6.07 Å². The van der Waals surface area contributed by atoms with Crippen LogP contribution in [0.5, 0.6) is 0 Å². The summed E-state index contributed by atoms with van der Waals surface area (Å²) in [6.07, 6.45) is 3.41. The molecule has 2 heterocycles. The van der Waals surface area contributed by atoms with E-state index in [0.29, 0.717) is 12.4 Å². The second kappa shape index (κ2) is 4.65. The van der Waals surface area contributed by atoms with Crippen molar-refractivity contribution in [1.29, 1.82) is 0 Å². The number of nitrogens with one attached hydrogen (secondary N) is 1. The minimum atomic E-state index is -1.03. The number of aromatic nitrogens is 3. The number of nitrogens with zero attached hydrogens (tertiary/aromatic N) is 3. The lowest BCUT2D eigenvalue weighted by atomic mass is 10.3. The second-order valence-electron chi connectivity index (χ2n) is 3.58. The molecule has 0 bridgehead atoms. The Morgan fingerprint density at radius 1 is 1.53 bits per heavy atom. The van der Waals surface area contributed by atoms with Gasteiger partial charge in [0.1, 0.15) is 11.6 Å². The zero-order chi connectivity index (χ0) is 12.3. The Kier molecular flexibility index (Phi) is 3.04. The summed E-state index contributed by atoms with van der Waals surface area (Å²) in [5.74, 6) is 0.370. The lowest BCUT2D eigenvalue weighted by Gasteiger charge is -2.16. The van der Waals surface area contributed by atoms with E-state index in [2.05, 4.69) is 15.0 Å². The molecule has 0 spiro atoms. The number of carboxylic acid groups (broad SMARTS) is 1. The summed E-state index contributed by atoms with van der Waals surface area (Å²) in [5, 5.41) is 8.85. The maximum atomic E-state index is 10.8. The Morgan fingerprint density at radius 2 is 2.35 bits per heavy atom. The van der Waals surface area contributed by atoms with Crippen molar-refractivity contribution in [2.45, 2.75) is 6.54 Å². The molecule has 88 valence electrons. The van der Waals surface area contributed by atoms with Crippen LogP contribution in [0.15, 0.2) is 30.6 Å². The number of carbonyl (C=O) groups is 1. The molecule has 2 rings (SSSR count). The van der Waals surface area contributed by atoms with Gasteiger partial charge in [-0.2, -0.15) is 0 Å². The summed E-state index contributed by atoms with van der Waals surface area (Å²) >= 11 is 0. The molecule has 2 aromatic heterocycles. The van der Waals surface area contributed by atoms with Crippen LogP contribution in [0.4, 0.5) is 5.82 Å². The van der Waals surface area contributed by atoms with Crippen LogP contribution in [0.1, 0.15) is 16.3 Å². The SMILES string of the molecule is CN(Cc1ncc[nH]1)c1cccc(C(=O)O)n1. The molecule has 0 atom stereocenters. The fourth-order valence-corrected chi connectivity index (χ4v) is 1.45. The lowest BCUT2D eigenvalue weighted by Crippen LogP contribution is -2.19. The molecule has 17 heavy (non-hydrogen) atoms. The van der Waals surface area contributed by atoms with Crippen LogP contribution in [0.25, 0.3) is 0 Å². The minimum Gasteiger partial charge on any atom is -0.477 e. The highest BCUT2D eigenvalue weighted by atomic mass is 16.4. The highest BCUT2D eigenvalue weighted by Crippen LogP contribution is 2.11. The van der Waals surface area contributed by atoms with Crippen molar-refractivity contribution >= 4 is 11.8 Å². The zero-order valence-electron chi connectivity index (χ0n) is 9.29. The highest BCUT2D eigenvalue weighted by molar-refractivity contribution is 5.85. The standard InChI is InChI=1S/C11H12N4O2/c1-15(7-9-12-5-6-13-9)10-4-2-3-8(14-10)11(16)17/h2-6H,7H2,1H3,(H,12,13)(H,16,17). The van der Waals surface area contributed by atoms with Gasteiger partial charge in [0.2, 0.25) is 0 Å². The van der Waals surface area contributed by atoms with Crippen LogP contribution in [-0.4, -0.2) is 33.1 Å². The summed E-state index contributed by atoms with van der Waals surface area (Å²) in [6.45, 7) is 0.545. The summed E-state index contributed by atoms with van der Waals surface area (Å²) < 4.78 is 0. The van der Waals surface area contributed by atoms with Crippen LogP contribution in [0.3, 0.4) is 0 Å². The Balaban J connectivity index is 2.16. The molecule has 2 N–H and O–H groups in total. The number of pyridine rings is 1. The number of aromatic carboxylic acids is 1. The maximum absolute atomic E-state index is 10.8. The number of hydrogen-bond acceptors (Lipinski definition) is 4. The van der Waals surface area contributed by atoms with Crippen LogP contribution < -0.4 is 4.90 Å². The molecule has 0 unspecified atom stereocenters. The van der Waals surface area contributed by atoms with Crippen LogP contribution >= 0.6 is 0 Å². The predicted octanol–water partition coefficient (Wildman–Crippen LogP) is 1.14. The highest BCUT2D eigenvalue weighted by Gasteiger charge is 2.09. The molecule has 0 aliphatic carbocycles. The van der Waals surface area contributed by atoms with E-state index in [-0.39, 0.29) is 5.69 Å². The van der Waals surface area contributed by atoms with Gasteiger partial charge in [0.25, 0.3) is 0 Å². The number of H-pyrrole nitrogens is 1. The van der Waals surface area contributed by atoms with E-state index >= 15 is 0 Å². The number of anilines is 1. The molecule has 2 aromatic rings. The molecule has 0 saturated heterocycles. The van der Waals surface area contributed by atoms with Gasteiger partial charge in [0.15, 0.2) is 5.69 Å². The second-order valence-corrected chi connectivity index (χ2v) is 3.58.